The van der Waals surface area contributed by atoms with E-state index in [4.69, 9.17) is 0 Å². The van der Waals surface area contributed by atoms with Crippen molar-refractivity contribution in [1.82, 2.24) is 10.2 Å². The number of hydrogen-bond donors (Lipinski definition) is 1. The van der Waals surface area contributed by atoms with E-state index in [1.165, 1.54) is 64.6 Å². The predicted octanol–water partition coefficient (Wildman–Crippen LogP) is 3.03. The Labute approximate surface area is 107 Å². The Kier molecular flexibility index (Phi) is 5.30. The zero-order chi connectivity index (χ0) is 12.1. The maximum Gasteiger partial charge on any atom is 0.0195 e. The Morgan fingerprint density at radius 3 is 2.53 bits per heavy atom. The predicted molar refractivity (Wildman–Crippen MR) is 74.3 cm³/mol. The van der Waals surface area contributed by atoms with E-state index in [-0.39, 0.29) is 0 Å². The van der Waals surface area contributed by atoms with Gasteiger partial charge in [-0.2, -0.15) is 0 Å². The van der Waals surface area contributed by atoms with Gasteiger partial charge in [-0.15, -0.1) is 0 Å². The molecule has 1 aliphatic heterocycles. The maximum absolute atomic E-state index is 3.83. The van der Waals surface area contributed by atoms with Gasteiger partial charge in [0.1, 0.15) is 0 Å². The van der Waals surface area contributed by atoms with Crippen molar-refractivity contribution in [2.24, 2.45) is 5.92 Å². The van der Waals surface area contributed by atoms with Crippen LogP contribution in [0, 0.1) is 5.92 Å². The monoisotopic (exact) mass is 238 g/mol. The van der Waals surface area contributed by atoms with Gasteiger partial charge in [0.15, 0.2) is 0 Å². The lowest BCUT2D eigenvalue weighted by Gasteiger charge is -2.36. The molecule has 1 N–H and O–H groups in total. The molecule has 0 bridgehead atoms. The van der Waals surface area contributed by atoms with Crippen LogP contribution >= 0.6 is 0 Å². The van der Waals surface area contributed by atoms with Gasteiger partial charge in [0, 0.05) is 18.6 Å². The number of nitrogens with zero attached hydrogens (tertiary/aromatic N) is 1. The van der Waals surface area contributed by atoms with Crippen LogP contribution < -0.4 is 5.32 Å². The number of hydrogen-bond acceptors (Lipinski definition) is 2. The fourth-order valence-corrected chi connectivity index (χ4v) is 3.37. The molecular weight excluding hydrogens is 208 g/mol. The normalized spacial score (nSPS) is 28.8. The van der Waals surface area contributed by atoms with Gasteiger partial charge in [-0.3, -0.25) is 4.90 Å². The third-order valence-electron chi connectivity index (χ3n) is 4.60. The van der Waals surface area contributed by atoms with Crippen LogP contribution in [0.4, 0.5) is 0 Å². The van der Waals surface area contributed by atoms with Crippen molar-refractivity contribution in [1.29, 1.82) is 0 Å². The summed E-state index contributed by atoms with van der Waals surface area (Å²) in [6.45, 7) is 8.49. The first kappa shape index (κ1) is 13.4. The van der Waals surface area contributed by atoms with E-state index in [1.54, 1.807) is 0 Å². The molecule has 0 aromatic rings. The van der Waals surface area contributed by atoms with Crippen LogP contribution in [0.1, 0.15) is 58.8 Å². The summed E-state index contributed by atoms with van der Waals surface area (Å²) >= 11 is 0. The van der Waals surface area contributed by atoms with E-state index in [0.717, 1.165) is 12.0 Å². The molecular formula is C15H30N2. The van der Waals surface area contributed by atoms with Crippen molar-refractivity contribution < 1.29 is 0 Å². The van der Waals surface area contributed by atoms with Crippen molar-refractivity contribution in [2.45, 2.75) is 70.9 Å². The number of nitrogens with one attached hydrogen (secondary N) is 1. The molecule has 2 fully saturated rings. The fraction of sp³-hybridized carbons (Fsp3) is 1.00. The number of rotatable bonds is 4. The highest BCUT2D eigenvalue weighted by Gasteiger charge is 2.22. The standard InChI is InChI=1S/C15H30N2/c1-13(2)17-10-6-9-15(12-17)16-11-14-7-4-3-5-8-14/h13-16H,3-12H2,1-2H3. The molecule has 0 aromatic carbocycles. The van der Waals surface area contributed by atoms with Gasteiger partial charge < -0.3 is 5.32 Å². The Balaban J connectivity index is 1.67. The minimum absolute atomic E-state index is 0.717. The van der Waals surface area contributed by atoms with Crippen LogP contribution in [0.25, 0.3) is 0 Å². The van der Waals surface area contributed by atoms with Gasteiger partial charge in [0.2, 0.25) is 0 Å². The van der Waals surface area contributed by atoms with E-state index in [2.05, 4.69) is 24.1 Å². The summed E-state index contributed by atoms with van der Waals surface area (Å²) in [6, 6.07) is 1.47. The van der Waals surface area contributed by atoms with Crippen molar-refractivity contribution in [3.8, 4) is 0 Å². The molecule has 1 saturated heterocycles. The first-order valence-electron chi connectivity index (χ1n) is 7.73. The van der Waals surface area contributed by atoms with Gasteiger partial charge in [-0.1, -0.05) is 19.3 Å². The summed E-state index contributed by atoms with van der Waals surface area (Å²) in [7, 11) is 0. The second kappa shape index (κ2) is 6.75. The summed E-state index contributed by atoms with van der Waals surface area (Å²) in [4.78, 5) is 2.63. The van der Waals surface area contributed by atoms with Crippen LogP contribution in [-0.4, -0.2) is 36.6 Å². The van der Waals surface area contributed by atoms with E-state index in [1.807, 2.05) is 0 Å². The molecule has 1 heterocycles. The first-order valence-corrected chi connectivity index (χ1v) is 7.73. The van der Waals surface area contributed by atoms with Crippen molar-refractivity contribution in [3.63, 3.8) is 0 Å². The second-order valence-corrected chi connectivity index (χ2v) is 6.34. The molecule has 1 atom stereocenters. The van der Waals surface area contributed by atoms with Crippen LogP contribution in [0.2, 0.25) is 0 Å². The third kappa shape index (κ3) is 4.26. The Morgan fingerprint density at radius 2 is 1.82 bits per heavy atom. The van der Waals surface area contributed by atoms with Crippen LogP contribution in [-0.2, 0) is 0 Å². The smallest absolute Gasteiger partial charge is 0.0195 e. The average molecular weight is 238 g/mol. The van der Waals surface area contributed by atoms with Crippen molar-refractivity contribution >= 4 is 0 Å². The molecule has 0 radical (unpaired) electrons. The second-order valence-electron chi connectivity index (χ2n) is 6.34. The highest BCUT2D eigenvalue weighted by molar-refractivity contribution is 4.81. The SMILES string of the molecule is CC(C)N1CCCC(NCC2CCCCC2)C1. The van der Waals surface area contributed by atoms with Crippen LogP contribution in [0.5, 0.6) is 0 Å². The molecule has 2 rings (SSSR count). The average Bonchev–Trinajstić information content (AvgIpc) is 2.38. The third-order valence-corrected chi connectivity index (χ3v) is 4.60. The van der Waals surface area contributed by atoms with Gasteiger partial charge in [-0.25, -0.2) is 0 Å². The van der Waals surface area contributed by atoms with Gasteiger partial charge in [0.05, 0.1) is 0 Å². The first-order chi connectivity index (χ1) is 8.25. The molecule has 0 amide bonds. The topological polar surface area (TPSA) is 15.3 Å². The molecule has 2 aliphatic rings. The molecule has 1 aliphatic carbocycles. The summed E-state index contributed by atoms with van der Waals surface area (Å²) in [5, 5.41) is 3.83. The van der Waals surface area contributed by atoms with Gasteiger partial charge in [0.25, 0.3) is 0 Å². The molecule has 2 heteroatoms. The van der Waals surface area contributed by atoms with Crippen molar-refractivity contribution in [2.75, 3.05) is 19.6 Å². The molecule has 2 nitrogen and oxygen atoms in total. The lowest BCUT2D eigenvalue weighted by atomic mass is 9.89. The van der Waals surface area contributed by atoms with Gasteiger partial charge >= 0.3 is 0 Å². The molecule has 100 valence electrons. The molecule has 17 heavy (non-hydrogen) atoms. The Bertz CT molecular complexity index is 209. The zero-order valence-corrected chi connectivity index (χ0v) is 11.8. The Morgan fingerprint density at radius 1 is 1.06 bits per heavy atom. The largest absolute Gasteiger partial charge is 0.312 e. The van der Waals surface area contributed by atoms with E-state index < -0.39 is 0 Å². The fourth-order valence-electron chi connectivity index (χ4n) is 3.37. The van der Waals surface area contributed by atoms with E-state index in [9.17, 15) is 0 Å². The molecule has 1 unspecified atom stereocenters. The summed E-state index contributed by atoms with van der Waals surface area (Å²) in [6.07, 6.45) is 10.1. The number of piperidine rings is 1. The van der Waals surface area contributed by atoms with Crippen LogP contribution in [0.15, 0.2) is 0 Å². The Hall–Kier alpha value is -0.0800. The molecule has 0 spiro atoms. The maximum atomic E-state index is 3.83. The lowest BCUT2D eigenvalue weighted by molar-refractivity contribution is 0.150. The highest BCUT2D eigenvalue weighted by atomic mass is 15.2. The minimum Gasteiger partial charge on any atom is -0.312 e. The summed E-state index contributed by atoms with van der Waals surface area (Å²) < 4.78 is 0. The summed E-state index contributed by atoms with van der Waals surface area (Å²) in [5.41, 5.74) is 0. The van der Waals surface area contributed by atoms with Gasteiger partial charge in [-0.05, 0) is 58.5 Å². The zero-order valence-electron chi connectivity index (χ0n) is 11.8. The highest BCUT2D eigenvalue weighted by Crippen LogP contribution is 2.23. The quantitative estimate of drug-likeness (QED) is 0.810. The van der Waals surface area contributed by atoms with Crippen molar-refractivity contribution in [3.05, 3.63) is 0 Å². The molecule has 1 saturated carbocycles. The van der Waals surface area contributed by atoms with E-state index in [0.29, 0.717) is 6.04 Å². The lowest BCUT2D eigenvalue weighted by Crippen LogP contribution is -2.49. The molecule has 0 aromatic heterocycles. The summed E-state index contributed by atoms with van der Waals surface area (Å²) in [5.74, 6) is 0.971. The van der Waals surface area contributed by atoms with Crippen LogP contribution in [0.3, 0.4) is 0 Å². The minimum atomic E-state index is 0.717. The van der Waals surface area contributed by atoms with E-state index >= 15 is 0 Å². The number of likely N-dealkylation sites (tertiary alicyclic amines) is 1.